The number of hydrogen-bond donors (Lipinski definition) is 1. The number of benzene rings is 1. The van der Waals surface area contributed by atoms with Gasteiger partial charge in [0.15, 0.2) is 0 Å². The molecule has 0 bridgehead atoms. The first-order valence-corrected chi connectivity index (χ1v) is 6.01. The van der Waals surface area contributed by atoms with Crippen LogP contribution in [0.2, 0.25) is 0 Å². The van der Waals surface area contributed by atoms with Crippen LogP contribution in [-0.2, 0) is 13.0 Å². The van der Waals surface area contributed by atoms with Gasteiger partial charge in [-0.05, 0) is 24.7 Å². The molecule has 2 nitrogen and oxygen atoms in total. The summed E-state index contributed by atoms with van der Waals surface area (Å²) in [4.78, 5) is 5.89. The van der Waals surface area contributed by atoms with Crippen LogP contribution in [0.3, 0.4) is 0 Å². The van der Waals surface area contributed by atoms with Crippen LogP contribution in [0.5, 0.6) is 0 Å². The van der Waals surface area contributed by atoms with Crippen LogP contribution in [0.15, 0.2) is 22.7 Å². The van der Waals surface area contributed by atoms with Crippen LogP contribution in [0.4, 0.5) is 0 Å². The zero-order valence-electron chi connectivity index (χ0n) is 8.68. The molecule has 0 radical (unpaired) electrons. The van der Waals surface area contributed by atoms with Crippen molar-refractivity contribution in [3.05, 3.63) is 33.9 Å². The summed E-state index contributed by atoms with van der Waals surface area (Å²) in [7, 11) is 2.18. The number of nitrogens with one attached hydrogen (secondary N) is 1. The van der Waals surface area contributed by atoms with E-state index in [1.807, 2.05) is 0 Å². The van der Waals surface area contributed by atoms with Gasteiger partial charge in [-0.2, -0.15) is 0 Å². The molecule has 0 saturated heterocycles. The lowest BCUT2D eigenvalue weighted by Gasteiger charge is -2.22. The lowest BCUT2D eigenvalue weighted by molar-refractivity contribution is 0.313. The Morgan fingerprint density at radius 1 is 1.40 bits per heavy atom. The SMILES string of the molecule is CN1CCc2[nH]c3cc(Br)ccc3c2C1. The first-order valence-electron chi connectivity index (χ1n) is 5.21. The molecule has 0 aliphatic carbocycles. The second-order valence-electron chi connectivity index (χ2n) is 4.26. The number of fused-ring (bicyclic) bond motifs is 3. The minimum absolute atomic E-state index is 1.07. The normalized spacial score (nSPS) is 16.9. The van der Waals surface area contributed by atoms with E-state index in [0.717, 1.165) is 24.0 Å². The van der Waals surface area contributed by atoms with Gasteiger partial charge in [0.2, 0.25) is 0 Å². The molecule has 0 amide bonds. The van der Waals surface area contributed by atoms with Crippen LogP contribution in [-0.4, -0.2) is 23.5 Å². The third kappa shape index (κ3) is 1.50. The zero-order chi connectivity index (χ0) is 10.4. The number of likely N-dealkylation sites (N-methyl/N-ethyl adjacent to an activating group) is 1. The lowest BCUT2D eigenvalue weighted by atomic mass is 10.1. The second kappa shape index (κ2) is 3.35. The number of aromatic amines is 1. The fraction of sp³-hybridized carbons (Fsp3) is 0.333. The Balaban J connectivity index is 2.24. The van der Waals surface area contributed by atoms with Crippen molar-refractivity contribution in [3.63, 3.8) is 0 Å². The number of rotatable bonds is 0. The lowest BCUT2D eigenvalue weighted by Crippen LogP contribution is -2.25. The third-order valence-corrected chi connectivity index (χ3v) is 3.62. The summed E-state index contributed by atoms with van der Waals surface area (Å²) in [6.45, 7) is 2.22. The van der Waals surface area contributed by atoms with Gasteiger partial charge in [-0.3, -0.25) is 0 Å². The van der Waals surface area contributed by atoms with Gasteiger partial charge in [0, 0.05) is 40.6 Å². The molecule has 2 aromatic rings. The highest BCUT2D eigenvalue weighted by Gasteiger charge is 2.17. The quantitative estimate of drug-likeness (QED) is 0.776. The standard InChI is InChI=1S/C12H13BrN2/c1-15-5-4-11-10(7-15)9-3-2-8(13)6-12(9)14-11/h2-3,6,14H,4-5,7H2,1H3. The fourth-order valence-electron chi connectivity index (χ4n) is 2.33. The van der Waals surface area contributed by atoms with Crippen molar-refractivity contribution in [2.45, 2.75) is 13.0 Å². The zero-order valence-corrected chi connectivity index (χ0v) is 10.3. The van der Waals surface area contributed by atoms with Crippen LogP contribution in [0.25, 0.3) is 10.9 Å². The van der Waals surface area contributed by atoms with Gasteiger partial charge in [0.05, 0.1) is 0 Å². The Labute approximate surface area is 97.4 Å². The number of halogens is 1. The summed E-state index contributed by atoms with van der Waals surface area (Å²) in [5.74, 6) is 0. The summed E-state index contributed by atoms with van der Waals surface area (Å²) in [6, 6.07) is 6.48. The van der Waals surface area contributed by atoms with Gasteiger partial charge in [0.1, 0.15) is 0 Å². The van der Waals surface area contributed by atoms with Crippen molar-refractivity contribution in [3.8, 4) is 0 Å². The highest BCUT2D eigenvalue weighted by Crippen LogP contribution is 2.28. The van der Waals surface area contributed by atoms with Crippen molar-refractivity contribution >= 4 is 26.8 Å². The molecular weight excluding hydrogens is 252 g/mol. The molecule has 0 fully saturated rings. The molecule has 1 aromatic carbocycles. The highest BCUT2D eigenvalue weighted by atomic mass is 79.9. The first-order chi connectivity index (χ1) is 7.24. The third-order valence-electron chi connectivity index (χ3n) is 3.13. The molecule has 2 heterocycles. The molecule has 15 heavy (non-hydrogen) atoms. The maximum Gasteiger partial charge on any atom is 0.0470 e. The van der Waals surface area contributed by atoms with Gasteiger partial charge in [0.25, 0.3) is 0 Å². The molecule has 1 aliphatic heterocycles. The van der Waals surface area contributed by atoms with Crippen molar-refractivity contribution < 1.29 is 0 Å². The van der Waals surface area contributed by atoms with Gasteiger partial charge in [-0.25, -0.2) is 0 Å². The number of H-pyrrole nitrogens is 1. The average molecular weight is 265 g/mol. The van der Waals surface area contributed by atoms with Crippen LogP contribution >= 0.6 is 15.9 Å². The Kier molecular flexibility index (Phi) is 2.11. The Morgan fingerprint density at radius 3 is 3.13 bits per heavy atom. The minimum atomic E-state index is 1.07. The van der Waals surface area contributed by atoms with Crippen LogP contribution in [0, 0.1) is 0 Å². The van der Waals surface area contributed by atoms with Gasteiger partial charge < -0.3 is 9.88 Å². The van der Waals surface area contributed by atoms with Crippen LogP contribution < -0.4 is 0 Å². The van der Waals surface area contributed by atoms with E-state index in [0.29, 0.717) is 0 Å². The molecule has 78 valence electrons. The summed E-state index contributed by atoms with van der Waals surface area (Å²) in [5.41, 5.74) is 4.15. The van der Waals surface area contributed by atoms with Crippen molar-refractivity contribution in [1.82, 2.24) is 9.88 Å². The molecular formula is C12H13BrN2. The van der Waals surface area contributed by atoms with E-state index < -0.39 is 0 Å². The molecule has 3 heteroatoms. The van der Waals surface area contributed by atoms with E-state index in [4.69, 9.17) is 0 Å². The minimum Gasteiger partial charge on any atom is -0.358 e. The van der Waals surface area contributed by atoms with E-state index >= 15 is 0 Å². The topological polar surface area (TPSA) is 19.0 Å². The molecule has 0 atom stereocenters. The Hall–Kier alpha value is -0.800. The number of aromatic nitrogens is 1. The van der Waals surface area contributed by atoms with E-state index in [9.17, 15) is 0 Å². The van der Waals surface area contributed by atoms with E-state index in [-0.39, 0.29) is 0 Å². The second-order valence-corrected chi connectivity index (χ2v) is 5.18. The maximum absolute atomic E-state index is 3.52. The van der Waals surface area contributed by atoms with Crippen molar-refractivity contribution in [2.24, 2.45) is 0 Å². The summed E-state index contributed by atoms with van der Waals surface area (Å²) >= 11 is 3.51. The molecule has 0 saturated carbocycles. The molecule has 0 unspecified atom stereocenters. The highest BCUT2D eigenvalue weighted by molar-refractivity contribution is 9.10. The van der Waals surface area contributed by atoms with Gasteiger partial charge in [-0.1, -0.05) is 22.0 Å². The Morgan fingerprint density at radius 2 is 2.27 bits per heavy atom. The summed E-state index contributed by atoms with van der Waals surface area (Å²) in [5, 5.41) is 1.37. The molecule has 0 spiro atoms. The van der Waals surface area contributed by atoms with E-state index in [1.165, 1.54) is 22.2 Å². The summed E-state index contributed by atoms with van der Waals surface area (Å²) < 4.78 is 1.14. The summed E-state index contributed by atoms with van der Waals surface area (Å²) in [6.07, 6.45) is 1.14. The van der Waals surface area contributed by atoms with E-state index in [1.54, 1.807) is 0 Å². The predicted octanol–water partition coefficient (Wildman–Crippen LogP) is 2.92. The monoisotopic (exact) mass is 264 g/mol. The van der Waals surface area contributed by atoms with Crippen LogP contribution in [0.1, 0.15) is 11.3 Å². The fourth-order valence-corrected chi connectivity index (χ4v) is 2.69. The number of nitrogens with zero attached hydrogens (tertiary/aromatic N) is 1. The largest absolute Gasteiger partial charge is 0.358 e. The van der Waals surface area contributed by atoms with Crippen molar-refractivity contribution in [2.75, 3.05) is 13.6 Å². The van der Waals surface area contributed by atoms with Crippen molar-refractivity contribution in [1.29, 1.82) is 0 Å². The van der Waals surface area contributed by atoms with Gasteiger partial charge >= 0.3 is 0 Å². The van der Waals surface area contributed by atoms with Gasteiger partial charge in [-0.15, -0.1) is 0 Å². The Bertz CT molecular complexity index is 516. The average Bonchev–Trinajstić information content (AvgIpc) is 2.54. The molecule has 1 aliphatic rings. The maximum atomic E-state index is 3.52. The molecule has 1 N–H and O–H groups in total. The first kappa shape index (κ1) is 9.43. The molecule has 3 rings (SSSR count). The van der Waals surface area contributed by atoms with E-state index in [2.05, 4.69) is 51.1 Å². The molecule has 1 aromatic heterocycles. The smallest absolute Gasteiger partial charge is 0.0470 e. The number of hydrogen-bond acceptors (Lipinski definition) is 1. The predicted molar refractivity (Wildman–Crippen MR) is 66.0 cm³/mol.